The van der Waals surface area contributed by atoms with Crippen molar-refractivity contribution in [2.24, 2.45) is 0 Å². The van der Waals surface area contributed by atoms with Crippen LogP contribution in [0, 0.1) is 13.8 Å². The third kappa shape index (κ3) is 4.57. The average Bonchev–Trinajstić information content (AvgIpc) is 3.10. The Kier molecular flexibility index (Phi) is 5.92. The molecule has 0 unspecified atom stereocenters. The van der Waals surface area contributed by atoms with Crippen LogP contribution in [0.5, 0.6) is 5.75 Å². The van der Waals surface area contributed by atoms with E-state index in [9.17, 15) is 4.79 Å². The lowest BCUT2D eigenvalue weighted by atomic mass is 10.1. The van der Waals surface area contributed by atoms with E-state index in [0.29, 0.717) is 28.4 Å². The highest BCUT2D eigenvalue weighted by Gasteiger charge is 2.12. The zero-order chi connectivity index (χ0) is 21.3. The standard InChI is InChI=1S/C23H18Br2N2O3/c1-13-8-14(2)22(18(25)9-13)29-12-21(28)26-17-6-7-20-19(11-17)27-23(30-20)15-4-3-5-16(24)10-15/h3-11H,12H2,1-2H3,(H,26,28). The first-order valence-corrected chi connectivity index (χ1v) is 10.8. The van der Waals surface area contributed by atoms with Crippen molar-refractivity contribution >= 4 is 54.6 Å². The number of nitrogens with one attached hydrogen (secondary N) is 1. The molecule has 0 bridgehead atoms. The molecule has 0 saturated carbocycles. The van der Waals surface area contributed by atoms with E-state index in [-0.39, 0.29) is 12.5 Å². The van der Waals surface area contributed by atoms with Gasteiger partial charge in [0.2, 0.25) is 5.89 Å². The fraction of sp³-hybridized carbons (Fsp3) is 0.130. The molecule has 0 aliphatic carbocycles. The van der Waals surface area contributed by atoms with Gasteiger partial charge in [0.1, 0.15) is 11.3 Å². The Morgan fingerprint density at radius 2 is 1.93 bits per heavy atom. The van der Waals surface area contributed by atoms with Gasteiger partial charge in [0.05, 0.1) is 4.47 Å². The van der Waals surface area contributed by atoms with Gasteiger partial charge in [-0.2, -0.15) is 0 Å². The normalized spacial score (nSPS) is 10.9. The Labute approximate surface area is 190 Å². The molecule has 5 nitrogen and oxygen atoms in total. The number of hydrogen-bond acceptors (Lipinski definition) is 4. The van der Waals surface area contributed by atoms with Gasteiger partial charge in [0, 0.05) is 15.7 Å². The maximum atomic E-state index is 12.4. The highest BCUT2D eigenvalue weighted by molar-refractivity contribution is 9.10. The lowest BCUT2D eigenvalue weighted by molar-refractivity contribution is -0.118. The Hall–Kier alpha value is -2.64. The summed E-state index contributed by atoms with van der Waals surface area (Å²) in [5.41, 5.74) is 4.92. The number of hydrogen-bond donors (Lipinski definition) is 1. The van der Waals surface area contributed by atoms with Crippen molar-refractivity contribution in [3.63, 3.8) is 0 Å². The van der Waals surface area contributed by atoms with Crippen LogP contribution in [-0.4, -0.2) is 17.5 Å². The number of aryl methyl sites for hydroxylation is 2. The first-order chi connectivity index (χ1) is 14.4. The minimum atomic E-state index is -0.253. The number of rotatable bonds is 5. The van der Waals surface area contributed by atoms with Gasteiger partial charge in [-0.05, 0) is 83.4 Å². The number of carbonyl (C=O) groups excluding carboxylic acids is 1. The molecule has 4 rings (SSSR count). The number of amides is 1. The number of benzene rings is 3. The van der Waals surface area contributed by atoms with E-state index in [1.807, 2.05) is 50.2 Å². The van der Waals surface area contributed by atoms with Gasteiger partial charge in [0.15, 0.2) is 12.2 Å². The van der Waals surface area contributed by atoms with E-state index >= 15 is 0 Å². The molecule has 0 radical (unpaired) electrons. The van der Waals surface area contributed by atoms with Crippen molar-refractivity contribution in [3.8, 4) is 17.2 Å². The van der Waals surface area contributed by atoms with Crippen LogP contribution in [0.2, 0.25) is 0 Å². The van der Waals surface area contributed by atoms with E-state index in [1.54, 1.807) is 18.2 Å². The zero-order valence-corrected chi connectivity index (χ0v) is 19.5. The summed E-state index contributed by atoms with van der Waals surface area (Å²) < 4.78 is 13.3. The second-order valence-corrected chi connectivity index (χ2v) is 8.71. The molecule has 0 atom stereocenters. The summed E-state index contributed by atoms with van der Waals surface area (Å²) in [7, 11) is 0. The number of halogens is 2. The SMILES string of the molecule is Cc1cc(C)c(OCC(=O)Nc2ccc3oc(-c4cccc(Br)c4)nc3c2)c(Br)c1. The third-order valence-corrected chi connectivity index (χ3v) is 5.55. The summed E-state index contributed by atoms with van der Waals surface area (Å²) in [6.45, 7) is 3.87. The first-order valence-electron chi connectivity index (χ1n) is 9.25. The van der Waals surface area contributed by atoms with Gasteiger partial charge < -0.3 is 14.5 Å². The van der Waals surface area contributed by atoms with Crippen molar-refractivity contribution in [1.82, 2.24) is 4.98 Å². The Morgan fingerprint density at radius 1 is 1.10 bits per heavy atom. The minimum Gasteiger partial charge on any atom is -0.482 e. The number of nitrogens with zero attached hydrogens (tertiary/aromatic N) is 1. The van der Waals surface area contributed by atoms with Gasteiger partial charge in [0.25, 0.3) is 5.91 Å². The van der Waals surface area contributed by atoms with Gasteiger partial charge in [-0.1, -0.05) is 28.1 Å². The topological polar surface area (TPSA) is 64.4 Å². The van der Waals surface area contributed by atoms with Crippen LogP contribution in [0.1, 0.15) is 11.1 Å². The fourth-order valence-electron chi connectivity index (χ4n) is 3.17. The molecule has 3 aromatic carbocycles. The number of oxazole rings is 1. The van der Waals surface area contributed by atoms with Crippen molar-refractivity contribution in [2.45, 2.75) is 13.8 Å². The second-order valence-electron chi connectivity index (χ2n) is 6.94. The smallest absolute Gasteiger partial charge is 0.262 e. The molecule has 1 amide bonds. The summed E-state index contributed by atoms with van der Waals surface area (Å²) in [6, 6.07) is 17.1. The molecule has 0 saturated heterocycles. The van der Waals surface area contributed by atoms with E-state index in [1.165, 1.54) is 0 Å². The van der Waals surface area contributed by atoms with Crippen molar-refractivity contribution in [1.29, 1.82) is 0 Å². The van der Waals surface area contributed by atoms with E-state index < -0.39 is 0 Å². The highest BCUT2D eigenvalue weighted by atomic mass is 79.9. The molecule has 7 heteroatoms. The second kappa shape index (κ2) is 8.62. The van der Waals surface area contributed by atoms with Gasteiger partial charge in [-0.25, -0.2) is 4.98 Å². The van der Waals surface area contributed by atoms with Crippen LogP contribution in [0.3, 0.4) is 0 Å². The van der Waals surface area contributed by atoms with Crippen LogP contribution in [-0.2, 0) is 4.79 Å². The predicted octanol–water partition coefficient (Wildman–Crippen LogP) is 6.65. The van der Waals surface area contributed by atoms with Gasteiger partial charge in [-0.3, -0.25) is 4.79 Å². The molecule has 1 aromatic heterocycles. The first kappa shape index (κ1) is 20.6. The van der Waals surface area contributed by atoms with Crippen LogP contribution in [0.15, 0.2) is 68.0 Å². The third-order valence-electron chi connectivity index (χ3n) is 4.46. The van der Waals surface area contributed by atoms with Crippen LogP contribution in [0.25, 0.3) is 22.6 Å². The Bertz CT molecular complexity index is 1230. The summed E-state index contributed by atoms with van der Waals surface area (Å²) in [4.78, 5) is 16.9. The summed E-state index contributed by atoms with van der Waals surface area (Å²) in [5, 5.41) is 2.84. The molecule has 152 valence electrons. The van der Waals surface area contributed by atoms with Crippen LogP contribution >= 0.6 is 31.9 Å². The molecule has 0 fully saturated rings. The van der Waals surface area contributed by atoms with Crippen LogP contribution in [0.4, 0.5) is 5.69 Å². The Morgan fingerprint density at radius 3 is 2.70 bits per heavy atom. The predicted molar refractivity (Wildman–Crippen MR) is 125 cm³/mol. The maximum Gasteiger partial charge on any atom is 0.262 e. The van der Waals surface area contributed by atoms with Crippen LogP contribution < -0.4 is 10.1 Å². The molecule has 30 heavy (non-hydrogen) atoms. The van der Waals surface area contributed by atoms with Gasteiger partial charge >= 0.3 is 0 Å². The number of anilines is 1. The lowest BCUT2D eigenvalue weighted by Gasteiger charge is -2.12. The number of carbonyl (C=O) groups is 1. The largest absolute Gasteiger partial charge is 0.482 e. The molecule has 4 aromatic rings. The molecule has 0 aliphatic rings. The van der Waals surface area contributed by atoms with Gasteiger partial charge in [-0.15, -0.1) is 0 Å². The molecule has 1 heterocycles. The highest BCUT2D eigenvalue weighted by Crippen LogP contribution is 2.30. The summed E-state index contributed by atoms with van der Waals surface area (Å²) >= 11 is 6.94. The number of aromatic nitrogens is 1. The Balaban J connectivity index is 1.47. The van der Waals surface area contributed by atoms with E-state index in [4.69, 9.17) is 9.15 Å². The molecular formula is C23H18Br2N2O3. The molecule has 1 N–H and O–H groups in total. The summed E-state index contributed by atoms with van der Waals surface area (Å²) in [5.74, 6) is 0.941. The molecular weight excluding hydrogens is 512 g/mol. The van der Waals surface area contributed by atoms with E-state index in [0.717, 1.165) is 25.6 Å². The lowest BCUT2D eigenvalue weighted by Crippen LogP contribution is -2.20. The monoisotopic (exact) mass is 528 g/mol. The maximum absolute atomic E-state index is 12.4. The van der Waals surface area contributed by atoms with E-state index in [2.05, 4.69) is 42.2 Å². The summed E-state index contributed by atoms with van der Waals surface area (Å²) in [6.07, 6.45) is 0. The molecule has 0 aliphatic heterocycles. The number of fused-ring (bicyclic) bond motifs is 1. The molecule has 0 spiro atoms. The zero-order valence-electron chi connectivity index (χ0n) is 16.3. The van der Waals surface area contributed by atoms with Crippen molar-refractivity contribution in [3.05, 3.63) is 74.7 Å². The number of ether oxygens (including phenoxy) is 1. The fourth-order valence-corrected chi connectivity index (χ4v) is 4.36. The van der Waals surface area contributed by atoms with Crippen molar-refractivity contribution in [2.75, 3.05) is 11.9 Å². The van der Waals surface area contributed by atoms with Crippen molar-refractivity contribution < 1.29 is 13.9 Å². The quantitative estimate of drug-likeness (QED) is 0.314. The minimum absolute atomic E-state index is 0.0946. The average molecular weight is 530 g/mol.